The van der Waals surface area contributed by atoms with Gasteiger partial charge in [-0.25, -0.2) is 9.37 Å². The fourth-order valence-corrected chi connectivity index (χ4v) is 2.61. The number of nitrogens with zero attached hydrogens (tertiary/aromatic N) is 1. The minimum atomic E-state index is -0.265. The molecule has 0 aliphatic rings. The van der Waals surface area contributed by atoms with Gasteiger partial charge in [0.05, 0.1) is 17.6 Å². The lowest BCUT2D eigenvalue weighted by molar-refractivity contribution is 0.343. The SMILES string of the molecule is Nc1ccc2nc(SCCOc3ccc(F)cc3)[nH]c2c1. The van der Waals surface area contributed by atoms with E-state index in [9.17, 15) is 4.39 Å². The second-order valence-electron chi connectivity index (χ2n) is 4.47. The number of nitrogens with one attached hydrogen (secondary N) is 1. The molecule has 0 bridgehead atoms. The monoisotopic (exact) mass is 303 g/mol. The smallest absolute Gasteiger partial charge is 0.166 e. The first-order chi connectivity index (χ1) is 10.2. The van der Waals surface area contributed by atoms with Crippen molar-refractivity contribution in [2.75, 3.05) is 18.1 Å². The summed E-state index contributed by atoms with van der Waals surface area (Å²) in [7, 11) is 0. The van der Waals surface area contributed by atoms with Crippen LogP contribution < -0.4 is 10.5 Å². The average Bonchev–Trinajstić information content (AvgIpc) is 2.87. The van der Waals surface area contributed by atoms with Gasteiger partial charge in [-0.1, -0.05) is 11.8 Å². The van der Waals surface area contributed by atoms with Crippen LogP contribution in [0.15, 0.2) is 47.6 Å². The maximum absolute atomic E-state index is 12.7. The van der Waals surface area contributed by atoms with Crippen molar-refractivity contribution in [3.05, 3.63) is 48.3 Å². The van der Waals surface area contributed by atoms with Crippen molar-refractivity contribution in [1.82, 2.24) is 9.97 Å². The number of H-pyrrole nitrogens is 1. The van der Waals surface area contributed by atoms with Crippen LogP contribution in [-0.2, 0) is 0 Å². The molecule has 3 N–H and O–H groups in total. The summed E-state index contributed by atoms with van der Waals surface area (Å²) in [4.78, 5) is 7.67. The quantitative estimate of drug-likeness (QED) is 0.430. The lowest BCUT2D eigenvalue weighted by atomic mass is 10.3. The highest BCUT2D eigenvalue weighted by Crippen LogP contribution is 2.21. The average molecular weight is 303 g/mol. The van der Waals surface area contributed by atoms with Crippen molar-refractivity contribution < 1.29 is 9.13 Å². The Kier molecular flexibility index (Phi) is 3.96. The van der Waals surface area contributed by atoms with Crippen LogP contribution in [0.2, 0.25) is 0 Å². The van der Waals surface area contributed by atoms with E-state index in [4.69, 9.17) is 10.5 Å². The topological polar surface area (TPSA) is 63.9 Å². The van der Waals surface area contributed by atoms with E-state index in [-0.39, 0.29) is 5.82 Å². The third kappa shape index (κ3) is 3.46. The van der Waals surface area contributed by atoms with E-state index in [1.165, 1.54) is 12.1 Å². The molecule has 0 fully saturated rings. The maximum Gasteiger partial charge on any atom is 0.166 e. The summed E-state index contributed by atoms with van der Waals surface area (Å²) in [6.07, 6.45) is 0. The van der Waals surface area contributed by atoms with Crippen LogP contribution in [0.25, 0.3) is 11.0 Å². The standard InChI is InChI=1S/C15H14FN3OS/c16-10-1-4-12(5-2-10)20-7-8-21-15-18-13-6-3-11(17)9-14(13)19-15/h1-6,9H,7-8,17H2,(H,18,19). The first kappa shape index (κ1) is 13.8. The number of halogens is 1. The van der Waals surface area contributed by atoms with Gasteiger partial charge in [-0.2, -0.15) is 0 Å². The molecule has 1 heterocycles. The number of aromatic nitrogens is 2. The number of hydrogen-bond donors (Lipinski definition) is 2. The van der Waals surface area contributed by atoms with Gasteiger partial charge in [0.2, 0.25) is 0 Å². The van der Waals surface area contributed by atoms with Crippen molar-refractivity contribution in [1.29, 1.82) is 0 Å². The van der Waals surface area contributed by atoms with Crippen molar-refractivity contribution in [2.45, 2.75) is 5.16 Å². The molecule has 0 aliphatic heterocycles. The van der Waals surface area contributed by atoms with E-state index < -0.39 is 0 Å². The van der Waals surface area contributed by atoms with Crippen LogP contribution in [0, 0.1) is 5.82 Å². The van der Waals surface area contributed by atoms with E-state index in [1.54, 1.807) is 23.9 Å². The number of anilines is 1. The number of ether oxygens (including phenoxy) is 1. The molecule has 108 valence electrons. The van der Waals surface area contributed by atoms with Crippen molar-refractivity contribution in [3.8, 4) is 5.75 Å². The number of hydrogen-bond acceptors (Lipinski definition) is 4. The first-order valence-corrected chi connectivity index (χ1v) is 7.46. The zero-order valence-electron chi connectivity index (χ0n) is 11.2. The second kappa shape index (κ2) is 6.05. The van der Waals surface area contributed by atoms with Gasteiger partial charge in [0.25, 0.3) is 0 Å². The number of aromatic amines is 1. The molecule has 0 spiro atoms. The summed E-state index contributed by atoms with van der Waals surface area (Å²) in [6, 6.07) is 11.6. The summed E-state index contributed by atoms with van der Waals surface area (Å²) >= 11 is 1.57. The van der Waals surface area contributed by atoms with E-state index in [1.807, 2.05) is 18.2 Å². The number of fused-ring (bicyclic) bond motifs is 1. The first-order valence-electron chi connectivity index (χ1n) is 6.47. The van der Waals surface area contributed by atoms with Gasteiger partial charge in [-0.15, -0.1) is 0 Å². The molecular weight excluding hydrogens is 289 g/mol. The minimum Gasteiger partial charge on any atom is -0.493 e. The third-order valence-electron chi connectivity index (χ3n) is 2.89. The Morgan fingerprint density at radius 3 is 2.81 bits per heavy atom. The number of thioether (sulfide) groups is 1. The molecule has 0 atom stereocenters. The van der Waals surface area contributed by atoms with Crippen LogP contribution >= 0.6 is 11.8 Å². The number of nitrogen functional groups attached to an aromatic ring is 1. The van der Waals surface area contributed by atoms with E-state index in [0.29, 0.717) is 18.0 Å². The molecule has 2 aromatic carbocycles. The molecule has 6 heteroatoms. The fraction of sp³-hybridized carbons (Fsp3) is 0.133. The van der Waals surface area contributed by atoms with Gasteiger partial charge < -0.3 is 15.5 Å². The highest BCUT2D eigenvalue weighted by Gasteiger charge is 2.03. The van der Waals surface area contributed by atoms with Crippen LogP contribution in [0.5, 0.6) is 5.75 Å². The van der Waals surface area contributed by atoms with Gasteiger partial charge in [0.1, 0.15) is 11.6 Å². The van der Waals surface area contributed by atoms with Gasteiger partial charge in [0, 0.05) is 11.4 Å². The molecule has 0 aliphatic carbocycles. The molecule has 0 saturated carbocycles. The van der Waals surface area contributed by atoms with Gasteiger partial charge in [-0.05, 0) is 42.5 Å². The third-order valence-corrected chi connectivity index (χ3v) is 3.73. The summed E-state index contributed by atoms with van der Waals surface area (Å²) in [5.41, 5.74) is 8.26. The number of imidazole rings is 1. The number of nitrogens with two attached hydrogens (primary N) is 1. The Hall–Kier alpha value is -2.21. The zero-order chi connectivity index (χ0) is 14.7. The fourth-order valence-electron chi connectivity index (χ4n) is 1.90. The van der Waals surface area contributed by atoms with Crippen LogP contribution in [-0.4, -0.2) is 22.3 Å². The summed E-state index contributed by atoms with van der Waals surface area (Å²) in [6.45, 7) is 0.523. The summed E-state index contributed by atoms with van der Waals surface area (Å²) < 4.78 is 18.3. The van der Waals surface area contributed by atoms with Crippen LogP contribution in [0.1, 0.15) is 0 Å². The van der Waals surface area contributed by atoms with E-state index >= 15 is 0 Å². The van der Waals surface area contributed by atoms with Gasteiger partial charge in [0.15, 0.2) is 5.16 Å². The van der Waals surface area contributed by atoms with Crippen molar-refractivity contribution in [3.63, 3.8) is 0 Å². The minimum absolute atomic E-state index is 0.265. The second-order valence-corrected chi connectivity index (χ2v) is 5.55. The molecule has 0 unspecified atom stereocenters. The predicted octanol–water partition coefficient (Wildman–Crippen LogP) is 3.46. The Bertz CT molecular complexity index is 742. The zero-order valence-corrected chi connectivity index (χ0v) is 12.0. The Morgan fingerprint density at radius 2 is 2.00 bits per heavy atom. The largest absolute Gasteiger partial charge is 0.493 e. The number of rotatable bonds is 5. The molecular formula is C15H14FN3OS. The Morgan fingerprint density at radius 1 is 1.19 bits per heavy atom. The number of benzene rings is 2. The normalized spacial score (nSPS) is 10.9. The summed E-state index contributed by atoms with van der Waals surface area (Å²) in [5, 5.41) is 0.832. The Balaban J connectivity index is 1.53. The molecule has 0 amide bonds. The highest BCUT2D eigenvalue weighted by molar-refractivity contribution is 7.99. The Labute approximate surface area is 125 Å². The molecule has 3 aromatic rings. The lowest BCUT2D eigenvalue weighted by Crippen LogP contribution is -2.00. The van der Waals surface area contributed by atoms with Crippen molar-refractivity contribution >= 4 is 28.5 Å². The van der Waals surface area contributed by atoms with Crippen LogP contribution in [0.3, 0.4) is 0 Å². The molecule has 0 radical (unpaired) electrons. The van der Waals surface area contributed by atoms with E-state index in [2.05, 4.69) is 9.97 Å². The maximum atomic E-state index is 12.7. The molecule has 21 heavy (non-hydrogen) atoms. The summed E-state index contributed by atoms with van der Waals surface area (Å²) in [5.74, 6) is 1.14. The van der Waals surface area contributed by atoms with Crippen LogP contribution in [0.4, 0.5) is 10.1 Å². The van der Waals surface area contributed by atoms with Gasteiger partial charge >= 0.3 is 0 Å². The molecule has 1 aromatic heterocycles. The molecule has 4 nitrogen and oxygen atoms in total. The highest BCUT2D eigenvalue weighted by atomic mass is 32.2. The predicted molar refractivity (Wildman–Crippen MR) is 83.1 cm³/mol. The molecule has 3 rings (SSSR count). The van der Waals surface area contributed by atoms with Crippen molar-refractivity contribution in [2.24, 2.45) is 0 Å². The molecule has 0 saturated heterocycles. The lowest BCUT2D eigenvalue weighted by Gasteiger charge is -2.04. The van der Waals surface area contributed by atoms with E-state index in [0.717, 1.165) is 21.9 Å². The van der Waals surface area contributed by atoms with Gasteiger partial charge in [-0.3, -0.25) is 0 Å².